The number of halogens is 1. The molecule has 104 valence electrons. The zero-order valence-electron chi connectivity index (χ0n) is 10.4. The third kappa shape index (κ3) is 5.19. The topological polar surface area (TPSA) is 73.6 Å². The van der Waals surface area contributed by atoms with Crippen LogP contribution in [0.5, 0.6) is 5.75 Å². The summed E-state index contributed by atoms with van der Waals surface area (Å²) >= 11 is 4.68. The first kappa shape index (κ1) is 15.3. The SMILES string of the molecule is COCCNC(=O)COc1ccc(C(N)=S)c(F)c1. The highest BCUT2D eigenvalue weighted by atomic mass is 32.1. The lowest BCUT2D eigenvalue weighted by molar-refractivity contribution is -0.123. The van der Waals surface area contributed by atoms with Gasteiger partial charge in [-0.15, -0.1) is 0 Å². The fraction of sp³-hybridized carbons (Fsp3) is 0.333. The fourth-order valence-electron chi connectivity index (χ4n) is 1.28. The highest BCUT2D eigenvalue weighted by Crippen LogP contribution is 2.16. The van der Waals surface area contributed by atoms with E-state index < -0.39 is 5.82 Å². The van der Waals surface area contributed by atoms with Crippen molar-refractivity contribution >= 4 is 23.1 Å². The second kappa shape index (κ2) is 7.65. The van der Waals surface area contributed by atoms with Crippen molar-refractivity contribution in [1.29, 1.82) is 0 Å². The van der Waals surface area contributed by atoms with Crippen LogP contribution in [0.4, 0.5) is 4.39 Å². The normalized spacial score (nSPS) is 10.0. The summed E-state index contributed by atoms with van der Waals surface area (Å²) in [6.07, 6.45) is 0. The molecule has 0 aromatic heterocycles. The molecule has 7 heteroatoms. The van der Waals surface area contributed by atoms with Crippen LogP contribution in [-0.2, 0) is 9.53 Å². The first-order valence-electron chi connectivity index (χ1n) is 5.52. The van der Waals surface area contributed by atoms with Crippen molar-refractivity contribution in [2.24, 2.45) is 5.73 Å². The standard InChI is InChI=1S/C12H15FN2O3S/c1-17-5-4-15-11(16)7-18-8-2-3-9(12(14)19)10(13)6-8/h2-3,6H,4-5,7H2,1H3,(H2,14,19)(H,15,16). The molecule has 0 atom stereocenters. The number of nitrogens with one attached hydrogen (secondary N) is 1. The number of amides is 1. The number of rotatable bonds is 7. The number of hydrogen-bond donors (Lipinski definition) is 2. The molecule has 0 fully saturated rings. The monoisotopic (exact) mass is 286 g/mol. The van der Waals surface area contributed by atoms with Gasteiger partial charge in [0, 0.05) is 25.3 Å². The maximum Gasteiger partial charge on any atom is 0.258 e. The Morgan fingerprint density at radius 1 is 1.53 bits per heavy atom. The Hall–Kier alpha value is -1.73. The molecule has 0 saturated heterocycles. The lowest BCUT2D eigenvalue weighted by Crippen LogP contribution is -2.31. The van der Waals surface area contributed by atoms with Gasteiger partial charge in [0.15, 0.2) is 6.61 Å². The minimum absolute atomic E-state index is 0.0265. The van der Waals surface area contributed by atoms with Crippen LogP contribution in [-0.4, -0.2) is 37.8 Å². The Labute approximate surface area is 115 Å². The lowest BCUT2D eigenvalue weighted by atomic mass is 10.2. The third-order valence-corrected chi connectivity index (χ3v) is 2.42. The largest absolute Gasteiger partial charge is 0.484 e. The van der Waals surface area contributed by atoms with E-state index in [1.165, 1.54) is 19.2 Å². The van der Waals surface area contributed by atoms with E-state index in [1.54, 1.807) is 0 Å². The van der Waals surface area contributed by atoms with E-state index in [2.05, 4.69) is 17.5 Å². The van der Waals surface area contributed by atoms with Crippen molar-refractivity contribution in [2.75, 3.05) is 26.9 Å². The predicted molar refractivity (Wildman–Crippen MR) is 72.7 cm³/mol. The van der Waals surface area contributed by atoms with Crippen LogP contribution in [0.25, 0.3) is 0 Å². The first-order chi connectivity index (χ1) is 9.04. The number of benzene rings is 1. The summed E-state index contributed by atoms with van der Waals surface area (Å²) in [7, 11) is 1.54. The first-order valence-corrected chi connectivity index (χ1v) is 5.93. The Morgan fingerprint density at radius 3 is 2.84 bits per heavy atom. The molecule has 0 spiro atoms. The molecule has 0 unspecified atom stereocenters. The molecule has 0 aliphatic rings. The average Bonchev–Trinajstić information content (AvgIpc) is 2.36. The Balaban J connectivity index is 2.48. The van der Waals surface area contributed by atoms with Crippen LogP contribution < -0.4 is 15.8 Å². The highest BCUT2D eigenvalue weighted by Gasteiger charge is 2.08. The van der Waals surface area contributed by atoms with Crippen molar-refractivity contribution in [3.8, 4) is 5.75 Å². The summed E-state index contributed by atoms with van der Waals surface area (Å²) in [5.41, 5.74) is 5.47. The molecule has 0 aliphatic heterocycles. The number of methoxy groups -OCH3 is 1. The van der Waals surface area contributed by atoms with E-state index in [9.17, 15) is 9.18 Å². The second-order valence-electron chi connectivity index (χ2n) is 3.64. The molecule has 0 radical (unpaired) electrons. The maximum atomic E-state index is 13.5. The molecular formula is C12H15FN2O3S. The molecule has 19 heavy (non-hydrogen) atoms. The van der Waals surface area contributed by atoms with Gasteiger partial charge in [0.25, 0.3) is 5.91 Å². The van der Waals surface area contributed by atoms with Crippen LogP contribution >= 0.6 is 12.2 Å². The van der Waals surface area contributed by atoms with E-state index in [-0.39, 0.29) is 28.8 Å². The van der Waals surface area contributed by atoms with E-state index in [0.29, 0.717) is 13.2 Å². The lowest BCUT2D eigenvalue weighted by Gasteiger charge is -2.08. The number of hydrogen-bond acceptors (Lipinski definition) is 4. The molecule has 0 heterocycles. The van der Waals surface area contributed by atoms with Gasteiger partial charge >= 0.3 is 0 Å². The average molecular weight is 286 g/mol. The summed E-state index contributed by atoms with van der Waals surface area (Å²) in [6.45, 7) is 0.617. The van der Waals surface area contributed by atoms with Gasteiger partial charge < -0.3 is 20.5 Å². The Morgan fingerprint density at radius 2 is 2.26 bits per heavy atom. The van der Waals surface area contributed by atoms with E-state index in [1.807, 2.05) is 0 Å². The quantitative estimate of drug-likeness (QED) is 0.567. The van der Waals surface area contributed by atoms with Crippen LogP contribution in [0.15, 0.2) is 18.2 Å². The fourth-order valence-corrected chi connectivity index (χ4v) is 1.44. The van der Waals surface area contributed by atoms with Gasteiger partial charge in [0.2, 0.25) is 0 Å². The number of nitrogens with two attached hydrogens (primary N) is 1. The highest BCUT2D eigenvalue weighted by molar-refractivity contribution is 7.80. The van der Waals surface area contributed by atoms with Crippen LogP contribution in [0.3, 0.4) is 0 Å². The van der Waals surface area contributed by atoms with Crippen LogP contribution in [0.1, 0.15) is 5.56 Å². The molecule has 3 N–H and O–H groups in total. The summed E-state index contributed by atoms with van der Waals surface area (Å²) in [5, 5.41) is 2.57. The van der Waals surface area contributed by atoms with E-state index in [4.69, 9.17) is 15.2 Å². The van der Waals surface area contributed by atoms with Gasteiger partial charge in [-0.2, -0.15) is 0 Å². The van der Waals surface area contributed by atoms with Crippen molar-refractivity contribution in [2.45, 2.75) is 0 Å². The zero-order chi connectivity index (χ0) is 14.3. The zero-order valence-corrected chi connectivity index (χ0v) is 11.3. The molecule has 1 aromatic carbocycles. The molecule has 1 aromatic rings. The smallest absolute Gasteiger partial charge is 0.258 e. The van der Waals surface area contributed by atoms with Gasteiger partial charge in [-0.1, -0.05) is 12.2 Å². The summed E-state index contributed by atoms with van der Waals surface area (Å²) in [6, 6.07) is 4.05. The second-order valence-corrected chi connectivity index (χ2v) is 4.08. The summed E-state index contributed by atoms with van der Waals surface area (Å²) in [4.78, 5) is 11.3. The van der Waals surface area contributed by atoms with Crippen molar-refractivity contribution < 1.29 is 18.7 Å². The van der Waals surface area contributed by atoms with Gasteiger partial charge in [-0.25, -0.2) is 4.39 Å². The van der Waals surface area contributed by atoms with Crippen molar-refractivity contribution in [3.05, 3.63) is 29.6 Å². The number of carbonyl (C=O) groups excluding carboxylic acids is 1. The number of carbonyl (C=O) groups is 1. The molecule has 0 aliphatic carbocycles. The molecule has 0 bridgehead atoms. The summed E-state index contributed by atoms with van der Waals surface area (Å²) in [5.74, 6) is -0.653. The number of ether oxygens (including phenoxy) is 2. The van der Waals surface area contributed by atoms with Gasteiger partial charge in [-0.3, -0.25) is 4.79 Å². The van der Waals surface area contributed by atoms with Gasteiger partial charge in [-0.05, 0) is 12.1 Å². The molecule has 0 saturated carbocycles. The van der Waals surface area contributed by atoms with E-state index in [0.717, 1.165) is 6.07 Å². The van der Waals surface area contributed by atoms with Crippen LogP contribution in [0, 0.1) is 5.82 Å². The molecule has 5 nitrogen and oxygen atoms in total. The minimum Gasteiger partial charge on any atom is -0.484 e. The van der Waals surface area contributed by atoms with Gasteiger partial charge in [0.05, 0.1) is 6.61 Å². The molecule has 1 rings (SSSR count). The Kier molecular flexibility index (Phi) is 6.17. The van der Waals surface area contributed by atoms with Crippen molar-refractivity contribution in [1.82, 2.24) is 5.32 Å². The van der Waals surface area contributed by atoms with Crippen molar-refractivity contribution in [3.63, 3.8) is 0 Å². The minimum atomic E-state index is -0.579. The van der Waals surface area contributed by atoms with E-state index >= 15 is 0 Å². The maximum absolute atomic E-state index is 13.5. The molecule has 1 amide bonds. The summed E-state index contributed by atoms with van der Waals surface area (Å²) < 4.78 is 23.4. The molecular weight excluding hydrogens is 271 g/mol. The number of thiocarbonyl (C=S) groups is 1. The third-order valence-electron chi connectivity index (χ3n) is 2.20. The van der Waals surface area contributed by atoms with Gasteiger partial charge in [0.1, 0.15) is 16.6 Å². The predicted octanol–water partition coefficient (Wildman–Crippen LogP) is 0.601. The van der Waals surface area contributed by atoms with Crippen LogP contribution in [0.2, 0.25) is 0 Å². The Bertz CT molecular complexity index is 468.